The maximum Gasteiger partial charge on any atom is 0.270 e. The van der Waals surface area contributed by atoms with Crippen molar-refractivity contribution < 1.29 is 9.72 Å². The van der Waals surface area contributed by atoms with Gasteiger partial charge < -0.3 is 4.90 Å². The Morgan fingerprint density at radius 1 is 1.22 bits per heavy atom. The topological polar surface area (TPSA) is 63.4 Å². The predicted octanol–water partition coefficient (Wildman–Crippen LogP) is 4.16. The number of nitro benzene ring substituents is 1. The Balaban J connectivity index is 1.85. The minimum Gasteiger partial charge on any atom is -0.331 e. The number of carbonyl (C=O) groups excluding carboxylic acids is 1. The van der Waals surface area contributed by atoms with Crippen molar-refractivity contribution in [3.63, 3.8) is 0 Å². The molecule has 23 heavy (non-hydrogen) atoms. The van der Waals surface area contributed by atoms with Gasteiger partial charge in [-0.25, -0.2) is 0 Å². The summed E-state index contributed by atoms with van der Waals surface area (Å²) in [6, 6.07) is 14.0. The molecule has 0 unspecified atom stereocenters. The number of carbonyl (C=O) groups is 1. The molecule has 0 aliphatic heterocycles. The molecule has 5 nitrogen and oxygen atoms in total. The lowest BCUT2D eigenvalue weighted by Crippen LogP contribution is -2.32. The molecule has 1 saturated carbocycles. The fourth-order valence-electron chi connectivity index (χ4n) is 2.50. The van der Waals surface area contributed by atoms with E-state index in [2.05, 4.69) is 15.9 Å². The minimum atomic E-state index is -0.480. The molecule has 3 rings (SSSR count). The average molecular weight is 375 g/mol. The van der Waals surface area contributed by atoms with Crippen LogP contribution < -0.4 is 0 Å². The first kappa shape index (κ1) is 15.7. The summed E-state index contributed by atoms with van der Waals surface area (Å²) in [5, 5.41) is 10.9. The molecule has 0 bridgehead atoms. The van der Waals surface area contributed by atoms with E-state index in [1.807, 2.05) is 24.3 Å². The van der Waals surface area contributed by atoms with E-state index in [-0.39, 0.29) is 17.6 Å². The van der Waals surface area contributed by atoms with Crippen molar-refractivity contribution in [2.45, 2.75) is 25.4 Å². The quantitative estimate of drug-likeness (QED) is 0.582. The van der Waals surface area contributed by atoms with Gasteiger partial charge in [-0.05, 0) is 36.6 Å². The van der Waals surface area contributed by atoms with Crippen LogP contribution in [0.5, 0.6) is 0 Å². The van der Waals surface area contributed by atoms with Crippen molar-refractivity contribution in [2.24, 2.45) is 0 Å². The van der Waals surface area contributed by atoms with E-state index >= 15 is 0 Å². The monoisotopic (exact) mass is 374 g/mol. The van der Waals surface area contributed by atoms with Crippen molar-refractivity contribution in [3.8, 4) is 0 Å². The molecule has 0 spiro atoms. The first-order valence-electron chi connectivity index (χ1n) is 7.34. The Labute approximate surface area is 142 Å². The first-order chi connectivity index (χ1) is 11.0. The summed E-state index contributed by atoms with van der Waals surface area (Å²) in [7, 11) is 0. The molecule has 118 valence electrons. The van der Waals surface area contributed by atoms with Crippen LogP contribution in [0.2, 0.25) is 0 Å². The number of amides is 1. The smallest absolute Gasteiger partial charge is 0.270 e. The van der Waals surface area contributed by atoms with Crippen LogP contribution in [0, 0.1) is 10.1 Å². The van der Waals surface area contributed by atoms with E-state index in [9.17, 15) is 14.9 Å². The highest BCUT2D eigenvalue weighted by Gasteiger charge is 2.33. The highest BCUT2D eigenvalue weighted by atomic mass is 79.9. The number of nitrogens with zero attached hydrogens (tertiary/aromatic N) is 2. The molecule has 0 aromatic heterocycles. The maximum absolute atomic E-state index is 12.8. The second-order valence-corrected chi connectivity index (χ2v) is 6.52. The number of halogens is 1. The standard InChI is InChI=1S/C17H15BrN2O3/c18-14-5-1-3-12(9-14)11-19(15-7-8-15)17(21)13-4-2-6-16(10-13)20(22)23/h1-6,9-10,15H,7-8,11H2. The average Bonchev–Trinajstić information content (AvgIpc) is 3.37. The zero-order valence-corrected chi connectivity index (χ0v) is 13.9. The first-order valence-corrected chi connectivity index (χ1v) is 8.14. The second kappa shape index (κ2) is 6.50. The number of rotatable bonds is 5. The lowest BCUT2D eigenvalue weighted by molar-refractivity contribution is -0.384. The van der Waals surface area contributed by atoms with Gasteiger partial charge in [-0.1, -0.05) is 34.1 Å². The number of nitro groups is 1. The largest absolute Gasteiger partial charge is 0.331 e. The maximum atomic E-state index is 12.8. The van der Waals surface area contributed by atoms with Gasteiger partial charge in [-0.2, -0.15) is 0 Å². The number of non-ortho nitro benzene ring substituents is 1. The fourth-order valence-corrected chi connectivity index (χ4v) is 2.95. The number of hydrogen-bond donors (Lipinski definition) is 0. The molecule has 0 radical (unpaired) electrons. The molecule has 0 N–H and O–H groups in total. The van der Waals surface area contributed by atoms with Crippen molar-refractivity contribution in [3.05, 3.63) is 74.2 Å². The molecule has 0 atom stereocenters. The third-order valence-corrected chi connectivity index (χ3v) is 4.29. The second-order valence-electron chi connectivity index (χ2n) is 5.60. The summed E-state index contributed by atoms with van der Waals surface area (Å²) >= 11 is 3.43. The zero-order chi connectivity index (χ0) is 16.4. The molecule has 1 aliphatic carbocycles. The van der Waals surface area contributed by atoms with Gasteiger partial charge in [0, 0.05) is 34.8 Å². The molecule has 0 saturated heterocycles. The molecule has 1 fully saturated rings. The van der Waals surface area contributed by atoms with Gasteiger partial charge in [0.1, 0.15) is 0 Å². The van der Waals surface area contributed by atoms with E-state index in [0.717, 1.165) is 22.9 Å². The van der Waals surface area contributed by atoms with E-state index in [4.69, 9.17) is 0 Å². The highest BCUT2D eigenvalue weighted by Crippen LogP contribution is 2.30. The summed E-state index contributed by atoms with van der Waals surface area (Å²) in [5.41, 5.74) is 1.33. The summed E-state index contributed by atoms with van der Waals surface area (Å²) in [4.78, 5) is 25.0. The molecule has 0 heterocycles. The van der Waals surface area contributed by atoms with Gasteiger partial charge in [0.2, 0.25) is 0 Å². The van der Waals surface area contributed by atoms with Gasteiger partial charge in [0.05, 0.1) is 4.92 Å². The minimum absolute atomic E-state index is 0.0611. The van der Waals surface area contributed by atoms with Crippen LogP contribution in [0.1, 0.15) is 28.8 Å². The molecule has 6 heteroatoms. The number of hydrogen-bond acceptors (Lipinski definition) is 3. The Morgan fingerprint density at radius 3 is 2.61 bits per heavy atom. The van der Waals surface area contributed by atoms with Gasteiger partial charge >= 0.3 is 0 Å². The Morgan fingerprint density at radius 2 is 1.96 bits per heavy atom. The van der Waals surface area contributed by atoms with Gasteiger partial charge in [0.15, 0.2) is 0 Å². The third-order valence-electron chi connectivity index (χ3n) is 3.79. The lowest BCUT2D eigenvalue weighted by atomic mass is 10.1. The van der Waals surface area contributed by atoms with Crippen molar-refractivity contribution >= 4 is 27.5 Å². The Hall–Kier alpha value is -2.21. The van der Waals surface area contributed by atoms with Crippen molar-refractivity contribution in [1.29, 1.82) is 0 Å². The van der Waals surface area contributed by atoms with Crippen LogP contribution in [0.4, 0.5) is 5.69 Å². The Kier molecular flexibility index (Phi) is 4.43. The summed E-state index contributed by atoms with van der Waals surface area (Å²) in [5.74, 6) is -0.156. The SMILES string of the molecule is O=C(c1cccc([N+](=O)[O-])c1)N(Cc1cccc(Br)c1)C1CC1. The van der Waals surface area contributed by atoms with E-state index in [0.29, 0.717) is 12.1 Å². The molecule has 2 aromatic rings. The normalized spacial score (nSPS) is 13.6. The third kappa shape index (κ3) is 3.76. The van der Waals surface area contributed by atoms with Crippen LogP contribution in [-0.4, -0.2) is 21.8 Å². The molecule has 1 aliphatic rings. The number of benzene rings is 2. The van der Waals surface area contributed by atoms with Crippen molar-refractivity contribution in [1.82, 2.24) is 4.90 Å². The zero-order valence-electron chi connectivity index (χ0n) is 12.3. The van der Waals surface area contributed by atoms with Crippen LogP contribution in [-0.2, 0) is 6.54 Å². The molecule has 1 amide bonds. The van der Waals surface area contributed by atoms with E-state index in [1.54, 1.807) is 17.0 Å². The van der Waals surface area contributed by atoms with E-state index in [1.165, 1.54) is 12.1 Å². The molecule has 2 aromatic carbocycles. The van der Waals surface area contributed by atoms with Gasteiger partial charge in [-0.15, -0.1) is 0 Å². The van der Waals surface area contributed by atoms with Crippen LogP contribution in [0.3, 0.4) is 0 Å². The highest BCUT2D eigenvalue weighted by molar-refractivity contribution is 9.10. The van der Waals surface area contributed by atoms with Crippen LogP contribution >= 0.6 is 15.9 Å². The molecular weight excluding hydrogens is 360 g/mol. The fraction of sp³-hybridized carbons (Fsp3) is 0.235. The van der Waals surface area contributed by atoms with Crippen molar-refractivity contribution in [2.75, 3.05) is 0 Å². The predicted molar refractivity (Wildman–Crippen MR) is 90.1 cm³/mol. The van der Waals surface area contributed by atoms with Crippen LogP contribution in [0.25, 0.3) is 0 Å². The summed E-state index contributed by atoms with van der Waals surface area (Å²) in [6.07, 6.45) is 1.96. The van der Waals surface area contributed by atoms with Gasteiger partial charge in [-0.3, -0.25) is 14.9 Å². The van der Waals surface area contributed by atoms with Crippen LogP contribution in [0.15, 0.2) is 53.0 Å². The summed E-state index contributed by atoms with van der Waals surface area (Å²) in [6.45, 7) is 0.506. The van der Waals surface area contributed by atoms with Gasteiger partial charge in [0.25, 0.3) is 11.6 Å². The Bertz CT molecular complexity index is 759. The lowest BCUT2D eigenvalue weighted by Gasteiger charge is -2.22. The van der Waals surface area contributed by atoms with E-state index < -0.39 is 4.92 Å². The summed E-state index contributed by atoms with van der Waals surface area (Å²) < 4.78 is 0.966. The molecular formula is C17H15BrN2O3.